The number of amides is 2. The molecule has 0 spiro atoms. The van der Waals surface area contributed by atoms with Gasteiger partial charge in [0.15, 0.2) is 0 Å². The normalized spacial score (nSPS) is 23.7. The molecule has 1 heterocycles. The van der Waals surface area contributed by atoms with Crippen LogP contribution in [0.5, 0.6) is 0 Å². The van der Waals surface area contributed by atoms with Gasteiger partial charge in [-0.15, -0.1) is 0 Å². The van der Waals surface area contributed by atoms with E-state index in [2.05, 4.69) is 19.2 Å². The Hall–Kier alpha value is -3.25. The second kappa shape index (κ2) is 9.78. The Balaban J connectivity index is 1.54. The lowest BCUT2D eigenvalue weighted by Gasteiger charge is -2.34. The van der Waals surface area contributed by atoms with Crippen LogP contribution < -0.4 is 10.2 Å². The molecular formula is C29H30N2O3S. The van der Waals surface area contributed by atoms with Crippen molar-refractivity contribution in [3.05, 3.63) is 89.5 Å². The number of benzene rings is 3. The molecule has 1 N–H and O–H groups in total. The average Bonchev–Trinajstić information content (AvgIpc) is 2.97. The fraction of sp³-hybridized carbons (Fsp3) is 0.310. The largest absolute Gasteiger partial charge is 0.349 e. The van der Waals surface area contributed by atoms with Crippen molar-refractivity contribution < 1.29 is 13.8 Å². The van der Waals surface area contributed by atoms with Crippen molar-refractivity contribution in [1.82, 2.24) is 5.32 Å². The Labute approximate surface area is 209 Å². The summed E-state index contributed by atoms with van der Waals surface area (Å²) in [6, 6.07) is 22.1. The summed E-state index contributed by atoms with van der Waals surface area (Å²) < 4.78 is 13.6. The maximum atomic E-state index is 13.7. The molecule has 1 aliphatic carbocycles. The Morgan fingerprint density at radius 1 is 0.971 bits per heavy atom. The number of carbonyl (C=O) groups excluding carboxylic acids is 2. The minimum Gasteiger partial charge on any atom is -0.349 e. The van der Waals surface area contributed by atoms with Crippen LogP contribution in [-0.4, -0.2) is 22.1 Å². The number of nitrogens with zero attached hydrogens (tertiary/aromatic N) is 1. The van der Waals surface area contributed by atoms with Gasteiger partial charge in [-0.3, -0.25) is 9.59 Å². The van der Waals surface area contributed by atoms with Crippen molar-refractivity contribution in [2.75, 3.05) is 4.90 Å². The van der Waals surface area contributed by atoms with Crippen molar-refractivity contribution >= 4 is 28.3 Å². The molecule has 0 unspecified atom stereocenters. The molecule has 5 rings (SSSR count). The van der Waals surface area contributed by atoms with Crippen LogP contribution in [-0.2, 0) is 17.3 Å². The van der Waals surface area contributed by atoms with Crippen LogP contribution in [0.2, 0.25) is 0 Å². The third-order valence-corrected chi connectivity index (χ3v) is 8.98. The van der Waals surface area contributed by atoms with E-state index in [1.165, 1.54) is 6.42 Å². The number of fused-ring (bicyclic) bond motifs is 2. The van der Waals surface area contributed by atoms with Gasteiger partial charge in [0.1, 0.15) is 0 Å². The van der Waals surface area contributed by atoms with Crippen LogP contribution in [0.3, 0.4) is 0 Å². The fourth-order valence-electron chi connectivity index (χ4n) is 5.16. The topological polar surface area (TPSA) is 66.5 Å². The van der Waals surface area contributed by atoms with Gasteiger partial charge in [-0.1, -0.05) is 69.2 Å². The van der Waals surface area contributed by atoms with E-state index in [0.717, 1.165) is 18.4 Å². The molecule has 0 radical (unpaired) electrons. The Morgan fingerprint density at radius 3 is 2.51 bits per heavy atom. The molecule has 2 aliphatic rings. The third-order valence-electron chi connectivity index (χ3n) is 7.48. The predicted molar refractivity (Wildman–Crippen MR) is 138 cm³/mol. The van der Waals surface area contributed by atoms with Gasteiger partial charge in [0.05, 0.1) is 38.4 Å². The third kappa shape index (κ3) is 4.55. The van der Waals surface area contributed by atoms with E-state index in [9.17, 15) is 13.8 Å². The maximum absolute atomic E-state index is 13.7. The van der Waals surface area contributed by atoms with E-state index in [-0.39, 0.29) is 17.9 Å². The molecule has 4 atom stereocenters. The lowest BCUT2D eigenvalue weighted by molar-refractivity contribution is 0.0889. The molecular weight excluding hydrogens is 456 g/mol. The van der Waals surface area contributed by atoms with Gasteiger partial charge >= 0.3 is 0 Å². The quantitative estimate of drug-likeness (QED) is 0.524. The average molecular weight is 487 g/mol. The van der Waals surface area contributed by atoms with E-state index < -0.39 is 10.8 Å². The predicted octanol–water partition coefficient (Wildman–Crippen LogP) is 5.57. The van der Waals surface area contributed by atoms with Crippen molar-refractivity contribution in [3.63, 3.8) is 0 Å². The minimum atomic E-state index is -1.54. The van der Waals surface area contributed by atoms with Gasteiger partial charge in [0, 0.05) is 11.6 Å². The van der Waals surface area contributed by atoms with E-state index in [1.807, 2.05) is 30.3 Å². The molecule has 3 aromatic rings. The zero-order chi connectivity index (χ0) is 24.5. The van der Waals surface area contributed by atoms with Crippen molar-refractivity contribution in [3.8, 4) is 0 Å². The van der Waals surface area contributed by atoms with Gasteiger partial charge in [0.2, 0.25) is 0 Å². The number of anilines is 1. The van der Waals surface area contributed by atoms with Gasteiger partial charge in [-0.25, -0.2) is 4.21 Å². The highest BCUT2D eigenvalue weighted by Crippen LogP contribution is 2.36. The molecule has 0 aromatic heterocycles. The molecule has 0 saturated heterocycles. The minimum absolute atomic E-state index is 0.130. The first-order valence-corrected chi connectivity index (χ1v) is 13.4. The lowest BCUT2D eigenvalue weighted by Crippen LogP contribution is -2.43. The molecule has 1 saturated carbocycles. The van der Waals surface area contributed by atoms with Crippen LogP contribution in [0, 0.1) is 11.8 Å². The molecule has 6 heteroatoms. The Bertz CT molecular complexity index is 1290. The molecule has 180 valence electrons. The van der Waals surface area contributed by atoms with Crippen LogP contribution in [0.25, 0.3) is 0 Å². The first-order chi connectivity index (χ1) is 16.9. The van der Waals surface area contributed by atoms with Gasteiger partial charge in [-0.05, 0) is 54.2 Å². The second-order valence-electron chi connectivity index (χ2n) is 9.67. The van der Waals surface area contributed by atoms with E-state index >= 15 is 0 Å². The van der Waals surface area contributed by atoms with Crippen LogP contribution in [0.15, 0.2) is 82.6 Å². The first-order valence-electron chi connectivity index (χ1n) is 12.3. The summed E-state index contributed by atoms with van der Waals surface area (Å²) in [6.07, 6.45) is 3.27. The smallest absolute Gasteiger partial charge is 0.259 e. The molecule has 1 fully saturated rings. The number of nitrogens with one attached hydrogen (secondary N) is 1. The van der Waals surface area contributed by atoms with Crippen LogP contribution >= 0.6 is 0 Å². The maximum Gasteiger partial charge on any atom is 0.259 e. The SMILES string of the molecule is C[C@H]1[C@H](C)CCC[C@@H]1NC(=O)c1ccc2c(c1)N(Cc1ccccc1)C(=O)c1ccccc1[S@@]2=O. The van der Waals surface area contributed by atoms with Crippen molar-refractivity contribution in [2.45, 2.75) is 55.5 Å². The number of rotatable bonds is 4. The fourth-order valence-corrected chi connectivity index (χ4v) is 6.51. The highest BCUT2D eigenvalue weighted by Gasteiger charge is 2.32. The zero-order valence-corrected chi connectivity index (χ0v) is 20.9. The van der Waals surface area contributed by atoms with Gasteiger partial charge < -0.3 is 10.2 Å². The number of hydrogen-bond acceptors (Lipinski definition) is 3. The molecule has 35 heavy (non-hydrogen) atoms. The highest BCUT2D eigenvalue weighted by molar-refractivity contribution is 7.85. The summed E-state index contributed by atoms with van der Waals surface area (Å²) in [5, 5.41) is 3.22. The monoisotopic (exact) mass is 486 g/mol. The Morgan fingerprint density at radius 2 is 1.71 bits per heavy atom. The van der Waals surface area contributed by atoms with Crippen LogP contribution in [0.4, 0.5) is 5.69 Å². The standard InChI is InChI=1S/C29H30N2O3S/c1-19-9-8-13-24(20(19)2)30-28(32)22-15-16-27-25(17-22)31(18-21-10-4-3-5-11-21)29(33)23-12-6-7-14-26(23)35(27)34/h3-7,10-12,14-17,19-20,24H,8-9,13,18H2,1-2H3,(H,30,32)/t19-,20+,24+,35+/m1/s1. The highest BCUT2D eigenvalue weighted by atomic mass is 32.2. The summed E-state index contributed by atoms with van der Waals surface area (Å²) in [6.45, 7) is 4.76. The molecule has 3 aromatic carbocycles. The second-order valence-corrected chi connectivity index (χ2v) is 11.1. The lowest BCUT2D eigenvalue weighted by atomic mass is 9.78. The summed E-state index contributed by atoms with van der Waals surface area (Å²) >= 11 is 0. The summed E-state index contributed by atoms with van der Waals surface area (Å²) in [7, 11) is -1.54. The molecule has 5 nitrogen and oxygen atoms in total. The zero-order valence-electron chi connectivity index (χ0n) is 20.1. The number of carbonyl (C=O) groups is 2. The first kappa shape index (κ1) is 23.5. The van der Waals surface area contributed by atoms with Crippen LogP contribution in [0.1, 0.15) is 59.4 Å². The van der Waals surface area contributed by atoms with Gasteiger partial charge in [0.25, 0.3) is 11.8 Å². The summed E-state index contributed by atoms with van der Waals surface area (Å²) in [5.74, 6) is 0.606. The summed E-state index contributed by atoms with van der Waals surface area (Å²) in [4.78, 5) is 29.7. The van der Waals surface area contributed by atoms with Crippen molar-refractivity contribution in [2.24, 2.45) is 11.8 Å². The number of hydrogen-bond donors (Lipinski definition) is 1. The van der Waals surface area contributed by atoms with Crippen molar-refractivity contribution in [1.29, 1.82) is 0 Å². The molecule has 2 amide bonds. The van der Waals surface area contributed by atoms with E-state index in [1.54, 1.807) is 47.4 Å². The molecule has 1 aliphatic heterocycles. The van der Waals surface area contributed by atoms with Gasteiger partial charge in [-0.2, -0.15) is 0 Å². The summed E-state index contributed by atoms with van der Waals surface area (Å²) in [5.41, 5.74) is 2.37. The molecule has 0 bridgehead atoms. The Kier molecular flexibility index (Phi) is 6.56. The van der Waals surface area contributed by atoms with E-state index in [4.69, 9.17) is 0 Å². The van der Waals surface area contributed by atoms with E-state index in [0.29, 0.717) is 45.0 Å².